The number of hydrazine groups is 1. The zero-order valence-electron chi connectivity index (χ0n) is 8.12. The summed E-state index contributed by atoms with van der Waals surface area (Å²) in [6.07, 6.45) is 0.270. The molecule has 0 fully saturated rings. The number of benzene rings is 1. The average molecular weight is 292 g/mol. The molecule has 1 aromatic carbocycles. The minimum Gasteiger partial charge on any atom is -0.281 e. The second-order valence-electron chi connectivity index (χ2n) is 3.21. The van der Waals surface area contributed by atoms with Crippen molar-refractivity contribution in [2.75, 3.05) is 6.54 Å². The third kappa shape index (κ3) is 5.28. The van der Waals surface area contributed by atoms with Crippen molar-refractivity contribution in [2.24, 2.45) is 5.84 Å². The highest BCUT2D eigenvalue weighted by atomic mass is 79.9. The molecule has 82 valence electrons. The predicted octanol–water partition coefficient (Wildman–Crippen LogP) is 2.28. The lowest BCUT2D eigenvalue weighted by Crippen LogP contribution is -2.32. The van der Waals surface area contributed by atoms with Gasteiger partial charge < -0.3 is 0 Å². The summed E-state index contributed by atoms with van der Waals surface area (Å²) in [5.74, 6) is 5.71. The van der Waals surface area contributed by atoms with Crippen LogP contribution in [0.4, 0.5) is 0 Å². The molecule has 0 aliphatic rings. The van der Waals surface area contributed by atoms with Gasteiger partial charge in [-0.05, 0) is 29.3 Å². The van der Waals surface area contributed by atoms with Crippen LogP contribution in [0.5, 0.6) is 0 Å². The van der Waals surface area contributed by atoms with Gasteiger partial charge in [0.2, 0.25) is 5.24 Å². The molecule has 0 bridgehead atoms. The number of carbonyl (C=O) groups is 1. The number of nitrogens with zero attached hydrogens (tertiary/aromatic N) is 1. The summed E-state index contributed by atoms with van der Waals surface area (Å²) in [4.78, 5) is 10.5. The predicted molar refractivity (Wildman–Crippen MR) is 64.2 cm³/mol. The molecular formula is C10H12BrClN2O. The third-order valence-electron chi connectivity index (χ3n) is 1.87. The molecule has 0 heterocycles. The van der Waals surface area contributed by atoms with E-state index in [1.807, 2.05) is 24.3 Å². The van der Waals surface area contributed by atoms with Gasteiger partial charge in [-0.25, -0.2) is 5.01 Å². The maximum absolute atomic E-state index is 10.5. The van der Waals surface area contributed by atoms with E-state index in [2.05, 4.69) is 15.9 Å². The quantitative estimate of drug-likeness (QED) is 0.514. The molecule has 0 saturated heterocycles. The maximum atomic E-state index is 10.5. The first-order chi connectivity index (χ1) is 7.08. The molecule has 1 rings (SSSR count). The van der Waals surface area contributed by atoms with Crippen molar-refractivity contribution in [1.82, 2.24) is 5.01 Å². The standard InChI is InChI=1S/C10H12BrClN2O/c11-9-3-1-2-8(6-9)7-14(13)5-4-10(12)15/h1-3,6H,4-5,7,13H2. The van der Waals surface area contributed by atoms with Crippen molar-refractivity contribution in [3.63, 3.8) is 0 Å². The number of rotatable bonds is 5. The fourth-order valence-corrected chi connectivity index (χ4v) is 1.71. The minimum atomic E-state index is -0.361. The van der Waals surface area contributed by atoms with Crippen molar-refractivity contribution in [2.45, 2.75) is 13.0 Å². The van der Waals surface area contributed by atoms with Crippen molar-refractivity contribution >= 4 is 32.8 Å². The summed E-state index contributed by atoms with van der Waals surface area (Å²) in [6.45, 7) is 1.07. The summed E-state index contributed by atoms with van der Waals surface area (Å²) in [7, 11) is 0. The summed E-state index contributed by atoms with van der Waals surface area (Å²) in [5, 5.41) is 1.21. The largest absolute Gasteiger partial charge is 0.281 e. The van der Waals surface area contributed by atoms with E-state index in [0.29, 0.717) is 13.1 Å². The number of carbonyl (C=O) groups excluding carboxylic acids is 1. The van der Waals surface area contributed by atoms with Crippen molar-refractivity contribution in [1.29, 1.82) is 0 Å². The first kappa shape index (κ1) is 12.6. The molecule has 0 atom stereocenters. The van der Waals surface area contributed by atoms with Gasteiger partial charge in [-0.3, -0.25) is 10.6 Å². The lowest BCUT2D eigenvalue weighted by Gasteiger charge is -2.15. The number of nitrogens with two attached hydrogens (primary N) is 1. The molecule has 0 aliphatic carbocycles. The summed E-state index contributed by atoms with van der Waals surface area (Å²) >= 11 is 8.60. The molecule has 15 heavy (non-hydrogen) atoms. The summed E-state index contributed by atoms with van der Waals surface area (Å²) in [6, 6.07) is 7.86. The van der Waals surface area contributed by atoms with Gasteiger partial charge in [-0.1, -0.05) is 28.1 Å². The lowest BCUT2D eigenvalue weighted by molar-refractivity contribution is -0.112. The Morgan fingerprint density at radius 1 is 1.53 bits per heavy atom. The topological polar surface area (TPSA) is 46.3 Å². The van der Waals surface area contributed by atoms with Gasteiger partial charge in [0.05, 0.1) is 0 Å². The van der Waals surface area contributed by atoms with Crippen LogP contribution in [-0.2, 0) is 11.3 Å². The van der Waals surface area contributed by atoms with Crippen molar-refractivity contribution in [3.8, 4) is 0 Å². The average Bonchev–Trinajstić information content (AvgIpc) is 2.15. The second-order valence-corrected chi connectivity index (χ2v) is 4.54. The van der Waals surface area contributed by atoms with E-state index in [0.717, 1.165) is 10.0 Å². The van der Waals surface area contributed by atoms with Crippen molar-refractivity contribution < 1.29 is 4.79 Å². The summed E-state index contributed by atoms with van der Waals surface area (Å²) in [5.41, 5.74) is 1.09. The highest BCUT2D eigenvalue weighted by Gasteiger charge is 2.03. The molecule has 0 aliphatic heterocycles. The monoisotopic (exact) mass is 290 g/mol. The van der Waals surface area contributed by atoms with Gasteiger partial charge in [0.25, 0.3) is 0 Å². The number of halogens is 2. The SMILES string of the molecule is NN(CCC(=O)Cl)Cc1cccc(Br)c1. The lowest BCUT2D eigenvalue weighted by atomic mass is 10.2. The molecule has 5 heteroatoms. The molecule has 2 N–H and O–H groups in total. The fourth-order valence-electron chi connectivity index (χ4n) is 1.18. The van der Waals surface area contributed by atoms with E-state index in [9.17, 15) is 4.79 Å². The highest BCUT2D eigenvalue weighted by molar-refractivity contribution is 9.10. The molecule has 3 nitrogen and oxygen atoms in total. The summed E-state index contributed by atoms with van der Waals surface area (Å²) < 4.78 is 1.02. The Bertz CT molecular complexity index is 346. The maximum Gasteiger partial charge on any atom is 0.222 e. The Kier molecular flexibility index (Phi) is 5.25. The van der Waals surface area contributed by atoms with Crippen LogP contribution < -0.4 is 5.84 Å². The van der Waals surface area contributed by atoms with Crippen LogP contribution in [0.2, 0.25) is 0 Å². The molecule has 0 unspecified atom stereocenters. The highest BCUT2D eigenvalue weighted by Crippen LogP contribution is 2.12. The molecule has 0 aromatic heterocycles. The van der Waals surface area contributed by atoms with E-state index in [1.165, 1.54) is 0 Å². The van der Waals surface area contributed by atoms with E-state index < -0.39 is 0 Å². The van der Waals surface area contributed by atoms with Crippen LogP contribution in [0, 0.1) is 0 Å². The molecule has 1 aromatic rings. The zero-order chi connectivity index (χ0) is 11.3. The van der Waals surface area contributed by atoms with Crippen LogP contribution in [0.1, 0.15) is 12.0 Å². The van der Waals surface area contributed by atoms with Crippen LogP contribution in [0.25, 0.3) is 0 Å². The Morgan fingerprint density at radius 2 is 2.27 bits per heavy atom. The Balaban J connectivity index is 2.44. The second kappa shape index (κ2) is 6.23. The van der Waals surface area contributed by atoms with Crippen LogP contribution >= 0.6 is 27.5 Å². The van der Waals surface area contributed by atoms with Gasteiger partial charge >= 0.3 is 0 Å². The Hall–Kier alpha value is -0.420. The first-order valence-corrected chi connectivity index (χ1v) is 5.67. The van der Waals surface area contributed by atoms with E-state index in [-0.39, 0.29) is 11.7 Å². The Morgan fingerprint density at radius 3 is 2.87 bits per heavy atom. The number of hydrogen-bond donors (Lipinski definition) is 1. The molecular weight excluding hydrogens is 279 g/mol. The van der Waals surface area contributed by atoms with Crippen LogP contribution in [0.15, 0.2) is 28.7 Å². The fraction of sp³-hybridized carbons (Fsp3) is 0.300. The van der Waals surface area contributed by atoms with E-state index in [1.54, 1.807) is 5.01 Å². The molecule has 0 amide bonds. The first-order valence-electron chi connectivity index (χ1n) is 4.50. The normalized spacial score (nSPS) is 10.7. The van der Waals surface area contributed by atoms with Gasteiger partial charge in [0.15, 0.2) is 0 Å². The van der Waals surface area contributed by atoms with Crippen LogP contribution in [-0.4, -0.2) is 16.8 Å². The third-order valence-corrected chi connectivity index (χ3v) is 2.55. The minimum absolute atomic E-state index is 0.270. The van der Waals surface area contributed by atoms with E-state index >= 15 is 0 Å². The molecule has 0 radical (unpaired) electrons. The van der Waals surface area contributed by atoms with Crippen LogP contribution in [0.3, 0.4) is 0 Å². The molecule has 0 saturated carbocycles. The van der Waals surface area contributed by atoms with E-state index in [4.69, 9.17) is 17.4 Å². The molecule has 0 spiro atoms. The zero-order valence-corrected chi connectivity index (χ0v) is 10.5. The van der Waals surface area contributed by atoms with Crippen molar-refractivity contribution in [3.05, 3.63) is 34.3 Å². The number of hydrogen-bond acceptors (Lipinski definition) is 3. The van der Waals surface area contributed by atoms with Gasteiger partial charge in [-0.2, -0.15) is 0 Å². The Labute approximate surface area is 102 Å². The van der Waals surface area contributed by atoms with Gasteiger partial charge in [0.1, 0.15) is 0 Å². The van der Waals surface area contributed by atoms with Gasteiger partial charge in [0, 0.05) is 24.0 Å². The smallest absolute Gasteiger partial charge is 0.222 e. The van der Waals surface area contributed by atoms with Gasteiger partial charge in [-0.15, -0.1) is 0 Å².